The molecule has 0 bridgehead atoms. The molecular formula is C10H14IN3O2. The van der Waals surface area contributed by atoms with Gasteiger partial charge < -0.3 is 9.30 Å². The molecule has 2 heterocycles. The minimum atomic E-state index is -0.205. The lowest BCUT2D eigenvalue weighted by Crippen LogP contribution is -2.44. The van der Waals surface area contributed by atoms with E-state index in [0.717, 1.165) is 16.1 Å². The molecule has 6 heteroatoms. The Balaban J connectivity index is 2.32. The third kappa shape index (κ3) is 1.84. The largest absolute Gasteiger partial charge is 0.468 e. The molecule has 0 saturated carbocycles. The van der Waals surface area contributed by atoms with Gasteiger partial charge in [-0.25, -0.2) is 4.98 Å². The lowest BCUT2D eigenvalue weighted by atomic mass is 10.0. The molecule has 0 fully saturated rings. The molecule has 0 N–H and O–H groups in total. The number of rotatable bonds is 1. The molecule has 0 aliphatic carbocycles. The standard InChI is InChI=1S/C10H14IN3O2/c1-13-5-8-6(12-10(11)14(8)2)4-7(13)9(15)16-3/h7H,4-5H2,1-3H3. The smallest absolute Gasteiger partial charge is 0.323 e. The van der Waals surface area contributed by atoms with Gasteiger partial charge in [0.05, 0.1) is 18.5 Å². The molecule has 1 aliphatic rings. The van der Waals surface area contributed by atoms with E-state index < -0.39 is 0 Å². The predicted octanol–water partition coefficient (Wildman–Crippen LogP) is 0.554. The topological polar surface area (TPSA) is 47.4 Å². The van der Waals surface area contributed by atoms with E-state index in [0.29, 0.717) is 6.42 Å². The highest BCUT2D eigenvalue weighted by atomic mass is 127. The molecule has 0 radical (unpaired) electrons. The maximum absolute atomic E-state index is 11.6. The minimum Gasteiger partial charge on any atom is -0.468 e. The first kappa shape index (κ1) is 11.8. The molecule has 5 nitrogen and oxygen atoms in total. The van der Waals surface area contributed by atoms with Crippen LogP contribution in [0.2, 0.25) is 0 Å². The summed E-state index contributed by atoms with van der Waals surface area (Å²) in [5, 5.41) is 0. The number of ether oxygens (including phenoxy) is 1. The summed E-state index contributed by atoms with van der Waals surface area (Å²) in [4.78, 5) is 18.1. The monoisotopic (exact) mass is 335 g/mol. The summed E-state index contributed by atoms with van der Waals surface area (Å²) in [6.45, 7) is 0.738. The number of methoxy groups -OCH3 is 1. The molecule has 0 spiro atoms. The maximum atomic E-state index is 11.6. The Kier molecular flexibility index (Phi) is 3.20. The van der Waals surface area contributed by atoms with Gasteiger partial charge in [0.1, 0.15) is 6.04 Å². The SMILES string of the molecule is COC(=O)C1Cc2nc(I)n(C)c2CN1C. The van der Waals surface area contributed by atoms with Crippen LogP contribution >= 0.6 is 22.6 Å². The third-order valence-corrected chi connectivity index (χ3v) is 4.00. The van der Waals surface area contributed by atoms with E-state index in [4.69, 9.17) is 4.74 Å². The fourth-order valence-corrected chi connectivity index (χ4v) is 2.58. The van der Waals surface area contributed by atoms with E-state index in [9.17, 15) is 4.79 Å². The van der Waals surface area contributed by atoms with Gasteiger partial charge in [-0.2, -0.15) is 0 Å². The summed E-state index contributed by atoms with van der Waals surface area (Å²) in [6, 6.07) is -0.205. The average molecular weight is 335 g/mol. The van der Waals surface area contributed by atoms with Crippen LogP contribution < -0.4 is 0 Å². The van der Waals surface area contributed by atoms with E-state index >= 15 is 0 Å². The average Bonchev–Trinajstić information content (AvgIpc) is 2.53. The molecule has 1 aliphatic heterocycles. The second kappa shape index (κ2) is 4.33. The van der Waals surface area contributed by atoms with Crippen LogP contribution in [-0.4, -0.2) is 40.6 Å². The Labute approximate surface area is 108 Å². The van der Waals surface area contributed by atoms with Crippen molar-refractivity contribution in [3.05, 3.63) is 15.2 Å². The highest BCUT2D eigenvalue weighted by Crippen LogP contribution is 2.23. The van der Waals surface area contributed by atoms with Crippen molar-refractivity contribution >= 4 is 28.6 Å². The van der Waals surface area contributed by atoms with Gasteiger partial charge >= 0.3 is 5.97 Å². The molecule has 1 atom stereocenters. The van der Waals surface area contributed by atoms with Crippen LogP contribution in [0.4, 0.5) is 0 Å². The van der Waals surface area contributed by atoms with Gasteiger partial charge in [-0.1, -0.05) is 0 Å². The highest BCUT2D eigenvalue weighted by molar-refractivity contribution is 14.1. The van der Waals surface area contributed by atoms with Gasteiger partial charge in [0.25, 0.3) is 0 Å². The first-order valence-electron chi connectivity index (χ1n) is 5.02. The quantitative estimate of drug-likeness (QED) is 0.556. The number of aromatic nitrogens is 2. The number of hydrogen-bond donors (Lipinski definition) is 0. The van der Waals surface area contributed by atoms with Crippen LogP contribution in [0.15, 0.2) is 0 Å². The van der Waals surface area contributed by atoms with Crippen molar-refractivity contribution < 1.29 is 9.53 Å². The number of imidazole rings is 1. The van der Waals surface area contributed by atoms with Crippen molar-refractivity contribution in [1.82, 2.24) is 14.5 Å². The van der Waals surface area contributed by atoms with Crippen molar-refractivity contribution in [3.8, 4) is 0 Å². The fraction of sp³-hybridized carbons (Fsp3) is 0.600. The van der Waals surface area contributed by atoms with Gasteiger partial charge in [-0.05, 0) is 29.6 Å². The van der Waals surface area contributed by atoms with Crippen molar-refractivity contribution in [2.75, 3.05) is 14.2 Å². The van der Waals surface area contributed by atoms with Gasteiger partial charge in [-0.3, -0.25) is 9.69 Å². The zero-order valence-corrected chi connectivity index (χ0v) is 11.7. The molecule has 88 valence electrons. The molecule has 1 aromatic rings. The molecule has 2 rings (SSSR count). The molecule has 1 aromatic heterocycles. The van der Waals surface area contributed by atoms with E-state index in [2.05, 4.69) is 32.1 Å². The van der Waals surface area contributed by atoms with Crippen LogP contribution in [0.5, 0.6) is 0 Å². The molecule has 1 unspecified atom stereocenters. The number of esters is 1. The summed E-state index contributed by atoms with van der Waals surface area (Å²) in [5.41, 5.74) is 2.20. The number of carbonyl (C=O) groups is 1. The molecule has 0 saturated heterocycles. The van der Waals surface area contributed by atoms with Gasteiger partial charge in [0.2, 0.25) is 0 Å². The Hall–Kier alpha value is -0.630. The van der Waals surface area contributed by atoms with Crippen LogP contribution in [0.25, 0.3) is 0 Å². The van der Waals surface area contributed by atoms with E-state index in [1.54, 1.807) is 0 Å². The second-order valence-electron chi connectivity index (χ2n) is 3.99. The highest BCUT2D eigenvalue weighted by Gasteiger charge is 2.32. The normalized spacial score (nSPS) is 20.6. The lowest BCUT2D eigenvalue weighted by molar-refractivity contribution is -0.147. The minimum absolute atomic E-state index is 0.186. The van der Waals surface area contributed by atoms with Crippen molar-refractivity contribution in [1.29, 1.82) is 0 Å². The van der Waals surface area contributed by atoms with Crippen molar-refractivity contribution in [2.45, 2.75) is 19.0 Å². The van der Waals surface area contributed by atoms with E-state index in [-0.39, 0.29) is 12.0 Å². The predicted molar refractivity (Wildman–Crippen MR) is 66.9 cm³/mol. The first-order valence-corrected chi connectivity index (χ1v) is 6.10. The lowest BCUT2D eigenvalue weighted by Gasteiger charge is -2.30. The van der Waals surface area contributed by atoms with E-state index in [1.807, 2.05) is 19.0 Å². The number of carbonyl (C=O) groups excluding carboxylic acids is 1. The molecular weight excluding hydrogens is 321 g/mol. The maximum Gasteiger partial charge on any atom is 0.323 e. The molecule has 16 heavy (non-hydrogen) atoms. The third-order valence-electron chi connectivity index (χ3n) is 3.03. The second-order valence-corrected chi connectivity index (χ2v) is 4.96. The Bertz CT molecular complexity index is 430. The zero-order valence-electron chi connectivity index (χ0n) is 9.53. The zero-order chi connectivity index (χ0) is 11.9. The number of nitrogens with zero attached hydrogens (tertiary/aromatic N) is 3. The van der Waals surface area contributed by atoms with Gasteiger partial charge in [-0.15, -0.1) is 0 Å². The van der Waals surface area contributed by atoms with E-state index in [1.165, 1.54) is 12.8 Å². The number of fused-ring (bicyclic) bond motifs is 1. The summed E-state index contributed by atoms with van der Waals surface area (Å²) in [6.07, 6.45) is 0.634. The Morgan fingerprint density at radius 3 is 2.88 bits per heavy atom. The summed E-state index contributed by atoms with van der Waals surface area (Å²) in [7, 11) is 5.36. The summed E-state index contributed by atoms with van der Waals surface area (Å²) >= 11 is 2.20. The van der Waals surface area contributed by atoms with Crippen molar-refractivity contribution in [2.24, 2.45) is 7.05 Å². The van der Waals surface area contributed by atoms with Crippen LogP contribution in [0.3, 0.4) is 0 Å². The summed E-state index contributed by atoms with van der Waals surface area (Å²) < 4.78 is 7.82. The van der Waals surface area contributed by atoms with Gasteiger partial charge in [0.15, 0.2) is 3.83 Å². The molecule has 0 amide bonds. The van der Waals surface area contributed by atoms with Crippen molar-refractivity contribution in [3.63, 3.8) is 0 Å². The number of likely N-dealkylation sites (N-methyl/N-ethyl adjacent to an activating group) is 1. The fourth-order valence-electron chi connectivity index (χ4n) is 2.00. The first-order chi connectivity index (χ1) is 7.54. The number of halogens is 1. The Morgan fingerprint density at radius 1 is 1.56 bits per heavy atom. The summed E-state index contributed by atoms with van der Waals surface area (Å²) in [5.74, 6) is -0.186. The van der Waals surface area contributed by atoms with Crippen LogP contribution in [0.1, 0.15) is 11.4 Å². The Morgan fingerprint density at radius 2 is 2.25 bits per heavy atom. The van der Waals surface area contributed by atoms with Crippen LogP contribution in [0, 0.1) is 3.83 Å². The number of hydrogen-bond acceptors (Lipinski definition) is 4. The molecule has 0 aromatic carbocycles. The van der Waals surface area contributed by atoms with Crippen LogP contribution in [-0.2, 0) is 29.5 Å². The van der Waals surface area contributed by atoms with Gasteiger partial charge in [0, 0.05) is 20.0 Å².